The van der Waals surface area contributed by atoms with Crippen molar-refractivity contribution in [2.45, 2.75) is 58.3 Å². The van der Waals surface area contributed by atoms with E-state index in [1.54, 1.807) is 6.92 Å². The van der Waals surface area contributed by atoms with E-state index in [-0.39, 0.29) is 10.0 Å². The largest absolute Gasteiger partial charge is 0.364 e. The summed E-state index contributed by atoms with van der Waals surface area (Å²) in [6.45, 7) is 12.3. The van der Waals surface area contributed by atoms with Crippen molar-refractivity contribution in [1.29, 1.82) is 0 Å². The lowest BCUT2D eigenvalue weighted by Gasteiger charge is -2.31. The van der Waals surface area contributed by atoms with E-state index < -0.39 is 0 Å². The molecule has 0 saturated carbocycles. The molecule has 0 radical (unpaired) electrons. The molecular weight excluding hydrogens is 220 g/mol. The van der Waals surface area contributed by atoms with Gasteiger partial charge in [-0.15, -0.1) is 0 Å². The number of hydrogen-bond donors (Lipinski definition) is 0. The number of rotatable bonds is 8. The second-order valence-corrected chi connectivity index (χ2v) is 5.29. The summed E-state index contributed by atoms with van der Waals surface area (Å²) in [5.41, 5.74) is 0.596. The molecule has 0 fully saturated rings. The minimum atomic E-state index is -0.346. The van der Waals surface area contributed by atoms with Gasteiger partial charge in [0.15, 0.2) is 0 Å². The molecule has 2 nitrogen and oxygen atoms in total. The van der Waals surface area contributed by atoms with Crippen molar-refractivity contribution in [2.75, 3.05) is 6.61 Å². The van der Waals surface area contributed by atoms with Gasteiger partial charge in [-0.05, 0) is 50.4 Å². The van der Waals surface area contributed by atoms with E-state index in [0.29, 0.717) is 12.2 Å². The molecule has 0 aromatic rings. The molecule has 0 aromatic carbocycles. The van der Waals surface area contributed by atoms with E-state index in [0.717, 1.165) is 25.7 Å². The van der Waals surface area contributed by atoms with E-state index in [9.17, 15) is 4.79 Å². The maximum atomic E-state index is 11.7. The summed E-state index contributed by atoms with van der Waals surface area (Å²) in [4.78, 5) is 11.4. The molecule has 16 heavy (non-hydrogen) atoms. The fourth-order valence-corrected chi connectivity index (χ4v) is 2.55. The summed E-state index contributed by atoms with van der Waals surface area (Å²) < 4.78 is 5.80. The monoisotopic (exact) mass is 244 g/mol. The molecule has 94 valence electrons. The first kappa shape index (κ1) is 15.7. The Morgan fingerprint density at radius 3 is 2.38 bits per heavy atom. The molecule has 0 spiro atoms. The van der Waals surface area contributed by atoms with Gasteiger partial charge in [0.2, 0.25) is 5.12 Å². The van der Waals surface area contributed by atoms with Crippen LogP contribution in [-0.4, -0.2) is 16.7 Å². The number of carbonyl (C=O) groups is 1. The standard InChI is InChI=1S/C13H24O2S/c1-6-9-10-13(7-2,15-8-3)16-12(14)11(4)5/h4,6-10H2,1-3,5H3. The second kappa shape index (κ2) is 7.91. The van der Waals surface area contributed by atoms with Crippen LogP contribution < -0.4 is 0 Å². The predicted octanol–water partition coefficient (Wildman–Crippen LogP) is 4.16. The lowest BCUT2D eigenvalue weighted by Crippen LogP contribution is -2.29. The van der Waals surface area contributed by atoms with E-state index in [2.05, 4.69) is 20.4 Å². The molecule has 0 heterocycles. The molecule has 1 atom stereocenters. The topological polar surface area (TPSA) is 26.3 Å². The highest BCUT2D eigenvalue weighted by Crippen LogP contribution is 2.37. The van der Waals surface area contributed by atoms with Gasteiger partial charge in [-0.25, -0.2) is 0 Å². The Kier molecular flexibility index (Phi) is 7.77. The normalized spacial score (nSPS) is 14.5. The van der Waals surface area contributed by atoms with Gasteiger partial charge in [0.1, 0.15) is 4.93 Å². The molecule has 0 aliphatic carbocycles. The van der Waals surface area contributed by atoms with Gasteiger partial charge in [0, 0.05) is 6.61 Å². The summed E-state index contributed by atoms with van der Waals surface area (Å²) in [5, 5.41) is 0.0476. The Labute approximate surface area is 104 Å². The number of ether oxygens (including phenoxy) is 1. The van der Waals surface area contributed by atoms with Crippen LogP contribution in [-0.2, 0) is 9.53 Å². The van der Waals surface area contributed by atoms with Crippen LogP contribution in [0.4, 0.5) is 0 Å². The van der Waals surface area contributed by atoms with Crippen molar-refractivity contribution in [3.63, 3.8) is 0 Å². The van der Waals surface area contributed by atoms with Crippen molar-refractivity contribution in [3.8, 4) is 0 Å². The number of carbonyl (C=O) groups excluding carboxylic acids is 1. The first-order valence-corrected chi connectivity index (χ1v) is 6.85. The maximum absolute atomic E-state index is 11.7. The van der Waals surface area contributed by atoms with Crippen LogP contribution in [0, 0.1) is 0 Å². The van der Waals surface area contributed by atoms with Gasteiger partial charge in [0.25, 0.3) is 0 Å². The molecule has 0 rings (SSSR count). The Morgan fingerprint density at radius 2 is 2.00 bits per heavy atom. The van der Waals surface area contributed by atoms with Crippen molar-refractivity contribution >= 4 is 16.9 Å². The minimum absolute atomic E-state index is 0.0476. The van der Waals surface area contributed by atoms with Gasteiger partial charge in [0.05, 0.1) is 0 Å². The van der Waals surface area contributed by atoms with Crippen LogP contribution in [0.25, 0.3) is 0 Å². The number of hydrogen-bond acceptors (Lipinski definition) is 3. The Balaban J connectivity index is 4.60. The van der Waals surface area contributed by atoms with E-state index in [4.69, 9.17) is 4.74 Å². The lowest BCUT2D eigenvalue weighted by molar-refractivity contribution is -0.108. The Hall–Kier alpha value is -0.280. The molecule has 1 unspecified atom stereocenters. The Morgan fingerprint density at radius 1 is 1.38 bits per heavy atom. The SMILES string of the molecule is C=C(C)C(=O)SC(CC)(CCCC)OCC. The minimum Gasteiger partial charge on any atom is -0.364 e. The zero-order valence-corrected chi connectivity index (χ0v) is 11.8. The summed E-state index contributed by atoms with van der Waals surface area (Å²) in [6.07, 6.45) is 3.99. The third-order valence-corrected chi connectivity index (χ3v) is 4.00. The molecule has 3 heteroatoms. The van der Waals surface area contributed by atoms with Gasteiger partial charge in [-0.1, -0.05) is 26.8 Å². The lowest BCUT2D eigenvalue weighted by atomic mass is 10.1. The van der Waals surface area contributed by atoms with Crippen molar-refractivity contribution in [3.05, 3.63) is 12.2 Å². The zero-order chi connectivity index (χ0) is 12.6. The molecule has 0 aliphatic heterocycles. The highest BCUT2D eigenvalue weighted by Gasteiger charge is 2.32. The fourth-order valence-electron chi connectivity index (χ4n) is 1.47. The van der Waals surface area contributed by atoms with Crippen LogP contribution in [0.1, 0.15) is 53.4 Å². The quantitative estimate of drug-likeness (QED) is 0.474. The highest BCUT2D eigenvalue weighted by atomic mass is 32.2. The van der Waals surface area contributed by atoms with Crippen LogP contribution >= 0.6 is 11.8 Å². The van der Waals surface area contributed by atoms with Crippen molar-refractivity contribution in [1.82, 2.24) is 0 Å². The summed E-state index contributed by atoms with van der Waals surface area (Å²) in [6, 6.07) is 0. The van der Waals surface area contributed by atoms with E-state index in [1.165, 1.54) is 11.8 Å². The first-order valence-electron chi connectivity index (χ1n) is 6.04. The average Bonchev–Trinajstić information content (AvgIpc) is 2.26. The predicted molar refractivity (Wildman–Crippen MR) is 71.6 cm³/mol. The summed E-state index contributed by atoms with van der Waals surface area (Å²) in [7, 11) is 0. The van der Waals surface area contributed by atoms with Gasteiger partial charge >= 0.3 is 0 Å². The van der Waals surface area contributed by atoms with Gasteiger partial charge in [-0.3, -0.25) is 4.79 Å². The summed E-state index contributed by atoms with van der Waals surface area (Å²) in [5.74, 6) is 0. The smallest absolute Gasteiger partial charge is 0.217 e. The van der Waals surface area contributed by atoms with Gasteiger partial charge in [-0.2, -0.15) is 0 Å². The van der Waals surface area contributed by atoms with Crippen molar-refractivity contribution < 1.29 is 9.53 Å². The zero-order valence-electron chi connectivity index (χ0n) is 11.0. The third kappa shape index (κ3) is 5.17. The third-order valence-electron chi connectivity index (χ3n) is 2.48. The summed E-state index contributed by atoms with van der Waals surface area (Å²) >= 11 is 1.30. The van der Waals surface area contributed by atoms with Gasteiger partial charge < -0.3 is 4.74 Å². The molecule has 0 amide bonds. The van der Waals surface area contributed by atoms with Crippen LogP contribution in [0.3, 0.4) is 0 Å². The van der Waals surface area contributed by atoms with Crippen LogP contribution in [0.15, 0.2) is 12.2 Å². The average molecular weight is 244 g/mol. The first-order chi connectivity index (χ1) is 7.51. The van der Waals surface area contributed by atoms with E-state index in [1.807, 2.05) is 6.92 Å². The van der Waals surface area contributed by atoms with Crippen LogP contribution in [0.2, 0.25) is 0 Å². The molecule has 0 bridgehead atoms. The van der Waals surface area contributed by atoms with Crippen LogP contribution in [0.5, 0.6) is 0 Å². The van der Waals surface area contributed by atoms with E-state index >= 15 is 0 Å². The molecule has 0 aliphatic rings. The highest BCUT2D eigenvalue weighted by molar-refractivity contribution is 8.15. The van der Waals surface area contributed by atoms with Crippen molar-refractivity contribution in [2.24, 2.45) is 0 Å². The number of unbranched alkanes of at least 4 members (excludes halogenated alkanes) is 1. The molecule has 0 aromatic heterocycles. The Bertz CT molecular complexity index is 238. The molecular formula is C13H24O2S. The maximum Gasteiger partial charge on any atom is 0.217 e. The second-order valence-electron chi connectivity index (χ2n) is 3.97. The fraction of sp³-hybridized carbons (Fsp3) is 0.769. The number of thioether (sulfide) groups is 1. The molecule has 0 N–H and O–H groups in total. The molecule has 0 saturated heterocycles.